The summed E-state index contributed by atoms with van der Waals surface area (Å²) >= 11 is 4.23. The maximum absolute atomic E-state index is 11.2. The van der Waals surface area contributed by atoms with E-state index in [4.69, 9.17) is 9.84 Å². The highest BCUT2D eigenvalue weighted by Crippen LogP contribution is 2.46. The molecule has 1 aromatic heterocycles. The number of carbonyl (C=O) groups is 1. The molecule has 0 radical (unpaired) electrons. The Morgan fingerprint density at radius 2 is 2.20 bits per heavy atom. The minimum Gasteiger partial charge on any atom is -0.508 e. The molecule has 1 aromatic carbocycles. The third-order valence-corrected chi connectivity index (χ3v) is 4.56. The molecule has 0 saturated heterocycles. The third-order valence-electron chi connectivity index (χ3n) is 2.34. The van der Waals surface area contributed by atoms with Crippen molar-refractivity contribution in [3.05, 3.63) is 39.9 Å². The van der Waals surface area contributed by atoms with Gasteiger partial charge in [0.25, 0.3) is 0 Å². The Morgan fingerprint density at radius 1 is 1.45 bits per heavy atom. The molecule has 0 fully saturated rings. The molecule has 5 nitrogen and oxygen atoms in total. The number of halogens is 1. The molecule has 0 aliphatic carbocycles. The first-order chi connectivity index (χ1) is 9.54. The van der Waals surface area contributed by atoms with Crippen LogP contribution in [0.3, 0.4) is 0 Å². The molecule has 0 aliphatic rings. The Balaban J connectivity index is 2.60. The largest absolute Gasteiger partial charge is 0.508 e. The summed E-state index contributed by atoms with van der Waals surface area (Å²) in [6, 6.07) is 6.38. The topological polar surface area (TPSA) is 83.8 Å². The van der Waals surface area contributed by atoms with Crippen LogP contribution < -0.4 is 4.74 Å². The molecule has 0 atom stereocenters. The summed E-state index contributed by atoms with van der Waals surface area (Å²) in [4.78, 5) is 21.9. The van der Waals surface area contributed by atoms with Gasteiger partial charge in [0.05, 0.1) is 9.35 Å². The van der Waals surface area contributed by atoms with Crippen LogP contribution in [0.4, 0.5) is 0 Å². The molecule has 7 heteroatoms. The molecule has 102 valence electrons. The lowest BCUT2D eigenvalue weighted by Gasteiger charge is -2.00. The van der Waals surface area contributed by atoms with E-state index in [1.807, 2.05) is 0 Å². The van der Waals surface area contributed by atoms with Gasteiger partial charge in [-0.05, 0) is 33.6 Å². The van der Waals surface area contributed by atoms with Gasteiger partial charge >= 0.3 is 5.97 Å². The third kappa shape index (κ3) is 2.75. The fourth-order valence-electron chi connectivity index (χ4n) is 1.56. The van der Waals surface area contributed by atoms with Crippen molar-refractivity contribution in [3.8, 4) is 21.9 Å². The molecule has 2 rings (SSSR count). The summed E-state index contributed by atoms with van der Waals surface area (Å²) in [5.74, 6) is 0.348. The molecule has 0 bridgehead atoms. The van der Waals surface area contributed by atoms with Crippen LogP contribution in [0.2, 0.25) is 0 Å². The zero-order valence-corrected chi connectivity index (χ0v) is 12.2. The molecule has 2 N–H and O–H groups in total. The fraction of sp³-hybridized carbons (Fsp3) is 0. The van der Waals surface area contributed by atoms with Crippen LogP contribution in [-0.4, -0.2) is 22.1 Å². The number of phenolic OH excluding ortho intramolecular Hbond substituents is 1. The molecule has 0 saturated carbocycles. The lowest BCUT2D eigenvalue weighted by atomic mass is 10.2. The van der Waals surface area contributed by atoms with E-state index >= 15 is 0 Å². The minimum absolute atomic E-state index is 0.0317. The number of thiophene rings is 1. The van der Waals surface area contributed by atoms with Gasteiger partial charge in [-0.25, -0.2) is 9.59 Å². The summed E-state index contributed by atoms with van der Waals surface area (Å²) in [5.41, 5.74) is 0.634. The first-order valence-corrected chi connectivity index (χ1v) is 6.86. The number of ether oxygens (including phenoxy) is 1. The van der Waals surface area contributed by atoms with Gasteiger partial charge in [-0.15, -0.1) is 11.3 Å². The Labute approximate surface area is 125 Å². The molecular formula is C13H7BrO5S. The lowest BCUT2D eigenvalue weighted by Crippen LogP contribution is -1.95. The Hall–Kier alpha value is -2.08. The van der Waals surface area contributed by atoms with Crippen molar-refractivity contribution >= 4 is 39.2 Å². The molecule has 0 amide bonds. The van der Waals surface area contributed by atoms with Crippen molar-refractivity contribution in [2.45, 2.75) is 0 Å². The van der Waals surface area contributed by atoms with Crippen LogP contribution >= 0.6 is 27.3 Å². The van der Waals surface area contributed by atoms with Crippen molar-refractivity contribution in [2.75, 3.05) is 0 Å². The summed E-state index contributed by atoms with van der Waals surface area (Å²) in [6.45, 7) is 0. The summed E-state index contributed by atoms with van der Waals surface area (Å²) in [6.07, 6.45) is 0.742. The van der Waals surface area contributed by atoms with Crippen molar-refractivity contribution in [1.82, 2.24) is 0 Å². The quantitative estimate of drug-likeness (QED) is 0.649. The zero-order chi connectivity index (χ0) is 14.7. The number of phenols is 1. The highest BCUT2D eigenvalue weighted by Gasteiger charge is 2.23. The van der Waals surface area contributed by atoms with Crippen LogP contribution in [0.1, 0.15) is 9.67 Å². The molecular weight excluding hydrogens is 348 g/mol. The average molecular weight is 355 g/mol. The van der Waals surface area contributed by atoms with Gasteiger partial charge in [0.1, 0.15) is 5.75 Å². The number of hydrogen-bond donors (Lipinski definition) is 2. The number of carboxylic acids is 1. The average Bonchev–Trinajstić information content (AvgIpc) is 2.74. The van der Waals surface area contributed by atoms with E-state index in [9.17, 15) is 14.7 Å². The van der Waals surface area contributed by atoms with Crippen LogP contribution in [0.5, 0.6) is 11.5 Å². The van der Waals surface area contributed by atoms with Crippen molar-refractivity contribution < 1.29 is 24.5 Å². The van der Waals surface area contributed by atoms with Crippen molar-refractivity contribution in [2.24, 2.45) is 0 Å². The smallest absolute Gasteiger partial charge is 0.349 e. The normalized spacial score (nSPS) is 9.85. The van der Waals surface area contributed by atoms with Crippen LogP contribution in [0, 0.1) is 0 Å². The fourth-order valence-corrected chi connectivity index (χ4v) is 3.41. The molecule has 2 aromatic rings. The number of hydrogen-bond acceptors (Lipinski definition) is 5. The van der Waals surface area contributed by atoms with E-state index in [2.05, 4.69) is 15.9 Å². The Bertz CT molecular complexity index is 716. The van der Waals surface area contributed by atoms with Crippen molar-refractivity contribution in [1.29, 1.82) is 0 Å². The Morgan fingerprint density at radius 3 is 2.80 bits per heavy atom. The second-order valence-electron chi connectivity index (χ2n) is 3.61. The zero-order valence-electron chi connectivity index (χ0n) is 9.79. The maximum Gasteiger partial charge on any atom is 0.349 e. The predicted molar refractivity (Wildman–Crippen MR) is 77.0 cm³/mol. The number of benzene rings is 1. The molecule has 0 spiro atoms. The summed E-state index contributed by atoms with van der Waals surface area (Å²) in [7, 11) is 0. The lowest BCUT2D eigenvalue weighted by molar-refractivity contribution is 0.0699. The standard InChI is InChI=1S/C13H7BrO5S/c14-9-10(19-5-4-15)12(13(17)18)20-11(9)7-2-1-3-8(16)6-7/h1-3,5-6,16H,(H,17,18). The number of carboxylic acid groups (broad SMARTS) is 1. The molecule has 20 heavy (non-hydrogen) atoms. The van der Waals surface area contributed by atoms with Gasteiger partial charge in [0, 0.05) is 0 Å². The Kier molecular flexibility index (Phi) is 4.24. The van der Waals surface area contributed by atoms with Crippen LogP contribution in [-0.2, 0) is 4.79 Å². The molecule has 0 aliphatic heterocycles. The van der Waals surface area contributed by atoms with E-state index in [0.717, 1.165) is 17.6 Å². The highest BCUT2D eigenvalue weighted by atomic mass is 79.9. The predicted octanol–water partition coefficient (Wildman–Crippen LogP) is 3.31. The van der Waals surface area contributed by atoms with E-state index in [-0.39, 0.29) is 16.4 Å². The van der Waals surface area contributed by atoms with E-state index < -0.39 is 5.97 Å². The molecule has 0 unspecified atom stereocenters. The van der Waals surface area contributed by atoms with Crippen LogP contribution in [0.15, 0.2) is 35.0 Å². The minimum atomic E-state index is -1.17. The number of carbonyl (C=O) groups excluding carboxylic acids is 1. The summed E-state index contributed by atoms with van der Waals surface area (Å²) in [5, 5.41) is 18.6. The second-order valence-corrected chi connectivity index (χ2v) is 5.43. The number of rotatable bonds is 4. The van der Waals surface area contributed by atoms with Gasteiger partial charge < -0.3 is 14.9 Å². The monoisotopic (exact) mass is 354 g/mol. The number of aromatic carboxylic acids is 1. The first kappa shape index (κ1) is 14.3. The van der Waals surface area contributed by atoms with Gasteiger partial charge in [-0.1, -0.05) is 12.1 Å². The second kappa shape index (κ2) is 5.92. The van der Waals surface area contributed by atoms with E-state index in [1.165, 1.54) is 18.1 Å². The van der Waals surface area contributed by atoms with E-state index in [1.54, 1.807) is 12.1 Å². The summed E-state index contributed by atoms with van der Waals surface area (Å²) < 4.78 is 5.38. The van der Waals surface area contributed by atoms with Gasteiger partial charge in [0.2, 0.25) is 0 Å². The molecule has 1 heterocycles. The first-order valence-electron chi connectivity index (χ1n) is 5.25. The number of aromatic hydroxyl groups is 1. The van der Waals surface area contributed by atoms with Crippen molar-refractivity contribution in [3.63, 3.8) is 0 Å². The van der Waals surface area contributed by atoms with Gasteiger partial charge in [-0.2, -0.15) is 0 Å². The van der Waals surface area contributed by atoms with E-state index in [0.29, 0.717) is 14.9 Å². The maximum atomic E-state index is 11.2. The van der Waals surface area contributed by atoms with Crippen LogP contribution in [0.25, 0.3) is 10.4 Å². The van der Waals surface area contributed by atoms with Gasteiger partial charge in [0.15, 0.2) is 22.8 Å². The SMILES string of the molecule is O=C=COc1c(C(=O)O)sc(-c2cccc(O)c2)c1Br. The van der Waals surface area contributed by atoms with Gasteiger partial charge in [-0.3, -0.25) is 0 Å². The highest BCUT2D eigenvalue weighted by molar-refractivity contribution is 9.10.